The molecule has 3 aromatic rings. The van der Waals surface area contributed by atoms with Crippen LogP contribution in [-0.4, -0.2) is 16.2 Å². The summed E-state index contributed by atoms with van der Waals surface area (Å²) in [6.07, 6.45) is 4.50. The number of aromatic hydroxyl groups is 1. The Morgan fingerprint density at radius 1 is 1.33 bits per heavy atom. The number of nitro groups is 1. The first-order chi connectivity index (χ1) is 13.1. The van der Waals surface area contributed by atoms with Crippen molar-refractivity contribution in [1.29, 1.82) is 5.26 Å². The summed E-state index contributed by atoms with van der Waals surface area (Å²) in [4.78, 5) is 16.0. The fourth-order valence-corrected chi connectivity index (χ4v) is 4.30. The van der Waals surface area contributed by atoms with E-state index in [-0.39, 0.29) is 17.0 Å². The Hall–Kier alpha value is -3.44. The van der Waals surface area contributed by atoms with E-state index in [4.69, 9.17) is 4.42 Å². The van der Waals surface area contributed by atoms with Gasteiger partial charge in [-0.3, -0.25) is 10.1 Å². The minimum atomic E-state index is -0.534. The molecule has 0 amide bonds. The zero-order chi connectivity index (χ0) is 19.0. The van der Waals surface area contributed by atoms with Crippen molar-refractivity contribution < 1.29 is 14.4 Å². The second-order valence-electron chi connectivity index (χ2n) is 6.07. The second-order valence-corrected chi connectivity index (χ2v) is 7.15. The molecule has 1 aromatic carbocycles. The molecule has 0 spiro atoms. The van der Waals surface area contributed by atoms with Gasteiger partial charge < -0.3 is 9.52 Å². The van der Waals surface area contributed by atoms with Crippen molar-refractivity contribution in [1.82, 2.24) is 0 Å². The SMILES string of the molecule is N#Cc1c(/N=C/c2ccc(-c3cc([N+](=O)[O-])ccc3O)o2)sc2c1CCC2. The van der Waals surface area contributed by atoms with E-state index < -0.39 is 4.92 Å². The van der Waals surface area contributed by atoms with Gasteiger partial charge in [-0.05, 0) is 43.0 Å². The zero-order valence-electron chi connectivity index (χ0n) is 14.0. The summed E-state index contributed by atoms with van der Waals surface area (Å²) in [5.74, 6) is 0.611. The van der Waals surface area contributed by atoms with Gasteiger partial charge in [0.2, 0.25) is 0 Å². The lowest BCUT2D eigenvalue weighted by Gasteiger charge is -2.00. The van der Waals surface area contributed by atoms with Crippen LogP contribution in [0.25, 0.3) is 11.3 Å². The number of benzene rings is 1. The summed E-state index contributed by atoms with van der Waals surface area (Å²) in [6, 6.07) is 9.25. The number of aryl methyl sites for hydroxylation is 1. The number of phenolic OH excluding ortho intramolecular Hbond substituents is 1. The number of aliphatic imine (C=N–C) groups is 1. The molecular weight excluding hydrogens is 366 g/mol. The largest absolute Gasteiger partial charge is 0.507 e. The number of nitriles is 1. The van der Waals surface area contributed by atoms with Gasteiger partial charge in [-0.15, -0.1) is 11.3 Å². The molecule has 0 saturated heterocycles. The van der Waals surface area contributed by atoms with Gasteiger partial charge in [-0.1, -0.05) is 0 Å². The molecule has 0 unspecified atom stereocenters. The topological polar surface area (TPSA) is 113 Å². The number of furan rings is 1. The fraction of sp³-hybridized carbons (Fsp3) is 0.158. The highest BCUT2D eigenvalue weighted by atomic mass is 32.1. The highest BCUT2D eigenvalue weighted by Crippen LogP contribution is 2.40. The number of hydrogen-bond acceptors (Lipinski definition) is 7. The number of rotatable bonds is 4. The Kier molecular flexibility index (Phi) is 4.22. The highest BCUT2D eigenvalue weighted by molar-refractivity contribution is 7.16. The second kappa shape index (κ2) is 6.70. The third kappa shape index (κ3) is 3.09. The lowest BCUT2D eigenvalue weighted by Crippen LogP contribution is -1.88. The predicted octanol–water partition coefficient (Wildman–Crippen LogP) is 4.73. The molecule has 134 valence electrons. The first kappa shape index (κ1) is 17.0. The van der Waals surface area contributed by atoms with Crippen molar-refractivity contribution in [3.8, 4) is 23.1 Å². The number of non-ortho nitro benzene ring substituents is 1. The first-order valence-electron chi connectivity index (χ1n) is 8.23. The van der Waals surface area contributed by atoms with Crippen molar-refractivity contribution in [3.63, 3.8) is 0 Å². The molecule has 0 saturated carbocycles. The fourth-order valence-electron chi connectivity index (χ4n) is 3.12. The van der Waals surface area contributed by atoms with Crippen molar-refractivity contribution >= 4 is 28.2 Å². The quantitative estimate of drug-likeness (QED) is 0.400. The zero-order valence-corrected chi connectivity index (χ0v) is 14.8. The number of phenols is 1. The van der Waals surface area contributed by atoms with E-state index in [0.717, 1.165) is 24.8 Å². The molecular formula is C19H13N3O4S. The minimum absolute atomic E-state index is 0.111. The normalized spacial score (nSPS) is 13.0. The molecule has 7 nitrogen and oxygen atoms in total. The third-order valence-corrected chi connectivity index (χ3v) is 5.61. The van der Waals surface area contributed by atoms with E-state index in [1.54, 1.807) is 12.1 Å². The smallest absolute Gasteiger partial charge is 0.270 e. The summed E-state index contributed by atoms with van der Waals surface area (Å²) in [5.41, 5.74) is 1.83. The summed E-state index contributed by atoms with van der Waals surface area (Å²) in [7, 11) is 0. The molecule has 0 bridgehead atoms. The average molecular weight is 379 g/mol. The number of nitrogens with zero attached hydrogens (tertiary/aromatic N) is 3. The summed E-state index contributed by atoms with van der Waals surface area (Å²) in [6.45, 7) is 0. The van der Waals surface area contributed by atoms with Crippen LogP contribution in [-0.2, 0) is 12.8 Å². The highest BCUT2D eigenvalue weighted by Gasteiger charge is 2.21. The Morgan fingerprint density at radius 3 is 2.96 bits per heavy atom. The molecule has 27 heavy (non-hydrogen) atoms. The molecule has 0 atom stereocenters. The van der Waals surface area contributed by atoms with Gasteiger partial charge >= 0.3 is 0 Å². The molecule has 2 aromatic heterocycles. The van der Waals surface area contributed by atoms with Gasteiger partial charge in [-0.25, -0.2) is 4.99 Å². The van der Waals surface area contributed by atoms with Gasteiger partial charge in [-0.2, -0.15) is 5.26 Å². The third-order valence-electron chi connectivity index (χ3n) is 4.41. The van der Waals surface area contributed by atoms with Gasteiger partial charge in [0.1, 0.15) is 28.3 Å². The van der Waals surface area contributed by atoms with Crippen LogP contribution in [0.15, 0.2) is 39.7 Å². The standard InChI is InChI=1S/C19H13N3O4S/c20-9-15-13-2-1-3-18(13)27-19(15)21-10-12-5-7-17(26-12)14-8-11(22(24)25)4-6-16(14)23/h4-8,10,23H,1-3H2/b21-10+. The molecule has 1 aliphatic rings. The Balaban J connectivity index is 1.63. The van der Waals surface area contributed by atoms with Crippen LogP contribution in [0.2, 0.25) is 0 Å². The molecule has 8 heteroatoms. The van der Waals surface area contributed by atoms with Crippen LogP contribution in [0, 0.1) is 21.4 Å². The van der Waals surface area contributed by atoms with E-state index in [2.05, 4.69) is 11.1 Å². The van der Waals surface area contributed by atoms with Gasteiger partial charge in [0.15, 0.2) is 0 Å². The number of fused-ring (bicyclic) bond motifs is 1. The number of hydrogen-bond donors (Lipinski definition) is 1. The maximum absolute atomic E-state index is 10.9. The van der Waals surface area contributed by atoms with Crippen molar-refractivity contribution in [3.05, 3.63) is 62.2 Å². The monoisotopic (exact) mass is 379 g/mol. The predicted molar refractivity (Wildman–Crippen MR) is 101 cm³/mol. The Bertz CT molecular complexity index is 1120. The molecule has 1 aliphatic carbocycles. The number of thiophene rings is 1. The first-order valence-corrected chi connectivity index (χ1v) is 9.05. The van der Waals surface area contributed by atoms with Crippen LogP contribution in [0.3, 0.4) is 0 Å². The summed E-state index contributed by atoms with van der Waals surface area (Å²) < 4.78 is 5.65. The molecule has 0 fully saturated rings. The van der Waals surface area contributed by atoms with Crippen LogP contribution < -0.4 is 0 Å². The van der Waals surface area contributed by atoms with E-state index >= 15 is 0 Å². The van der Waals surface area contributed by atoms with E-state index in [0.29, 0.717) is 22.1 Å². The van der Waals surface area contributed by atoms with Gasteiger partial charge in [0.25, 0.3) is 5.69 Å². The van der Waals surface area contributed by atoms with Gasteiger partial charge in [0.05, 0.1) is 22.3 Å². The van der Waals surface area contributed by atoms with Crippen LogP contribution in [0.1, 0.15) is 28.2 Å². The van der Waals surface area contributed by atoms with Crippen molar-refractivity contribution in [2.75, 3.05) is 0 Å². The number of nitro benzene ring substituents is 1. The molecule has 4 rings (SSSR count). The molecule has 1 N–H and O–H groups in total. The summed E-state index contributed by atoms with van der Waals surface area (Å²) >= 11 is 1.53. The van der Waals surface area contributed by atoms with Crippen molar-refractivity contribution in [2.45, 2.75) is 19.3 Å². The minimum Gasteiger partial charge on any atom is -0.507 e. The van der Waals surface area contributed by atoms with E-state index in [1.165, 1.54) is 40.6 Å². The van der Waals surface area contributed by atoms with Crippen LogP contribution in [0.5, 0.6) is 5.75 Å². The van der Waals surface area contributed by atoms with E-state index in [1.807, 2.05) is 0 Å². The lowest BCUT2D eigenvalue weighted by molar-refractivity contribution is -0.384. The molecule has 0 radical (unpaired) electrons. The van der Waals surface area contributed by atoms with Crippen LogP contribution >= 0.6 is 11.3 Å². The summed E-state index contributed by atoms with van der Waals surface area (Å²) in [5, 5.41) is 31.0. The van der Waals surface area contributed by atoms with E-state index in [9.17, 15) is 20.5 Å². The Morgan fingerprint density at radius 2 is 2.19 bits per heavy atom. The van der Waals surface area contributed by atoms with Gasteiger partial charge in [0, 0.05) is 17.0 Å². The lowest BCUT2D eigenvalue weighted by atomic mass is 10.1. The molecule has 0 aliphatic heterocycles. The maximum atomic E-state index is 10.9. The van der Waals surface area contributed by atoms with Crippen LogP contribution in [0.4, 0.5) is 10.7 Å². The average Bonchev–Trinajstić information content (AvgIpc) is 3.35. The molecule has 2 heterocycles. The van der Waals surface area contributed by atoms with Crippen molar-refractivity contribution in [2.24, 2.45) is 4.99 Å². The Labute approximate surface area is 158 Å². The maximum Gasteiger partial charge on any atom is 0.270 e.